The number of urea groups is 1. The topological polar surface area (TPSA) is 84.7 Å². The molecule has 2 amide bonds. The predicted molar refractivity (Wildman–Crippen MR) is 102 cm³/mol. The maximum absolute atomic E-state index is 12.5. The quantitative estimate of drug-likeness (QED) is 0.830. The number of amides is 2. The van der Waals surface area contributed by atoms with Crippen molar-refractivity contribution in [2.45, 2.75) is 63.3 Å². The van der Waals surface area contributed by atoms with Gasteiger partial charge in [-0.2, -0.15) is 4.68 Å². The van der Waals surface area contributed by atoms with E-state index in [1.807, 2.05) is 6.07 Å². The standard InChI is InChI=1S/C19H23ClN6O/c20-14-6-5-13(11-15(14)26-17(12-3-4-12)23-24-25-26)21-18(27)22-16-7-10-19(16)8-1-2-9-19/h5-6,11-12,16H,1-4,7-10H2,(H2,21,22,27)/t16-/m0/s1. The van der Waals surface area contributed by atoms with Gasteiger partial charge in [0.15, 0.2) is 5.82 Å². The molecule has 1 heterocycles. The third-order valence-corrected chi connectivity index (χ3v) is 6.76. The zero-order valence-electron chi connectivity index (χ0n) is 15.1. The van der Waals surface area contributed by atoms with Gasteiger partial charge in [0, 0.05) is 17.6 Å². The molecule has 1 aromatic carbocycles. The fraction of sp³-hybridized carbons (Fsp3) is 0.579. The molecule has 2 N–H and O–H groups in total. The van der Waals surface area contributed by atoms with Gasteiger partial charge in [0.05, 0.1) is 10.7 Å². The molecule has 142 valence electrons. The van der Waals surface area contributed by atoms with Crippen molar-refractivity contribution in [2.24, 2.45) is 5.41 Å². The van der Waals surface area contributed by atoms with E-state index in [2.05, 4.69) is 26.2 Å². The summed E-state index contributed by atoms with van der Waals surface area (Å²) >= 11 is 6.37. The Morgan fingerprint density at radius 2 is 2.00 bits per heavy atom. The Morgan fingerprint density at radius 3 is 2.70 bits per heavy atom. The second-order valence-corrected chi connectivity index (χ2v) is 8.56. The number of nitrogens with zero attached hydrogens (tertiary/aromatic N) is 4. The number of benzene rings is 1. The highest BCUT2D eigenvalue weighted by Crippen LogP contribution is 2.53. The molecule has 5 rings (SSSR count). The SMILES string of the molecule is O=C(Nc1ccc(Cl)c(-n2nnnc2C2CC2)c1)N[C@H]1CCC12CCCC2. The normalized spacial score (nSPS) is 23.2. The highest BCUT2D eigenvalue weighted by molar-refractivity contribution is 6.32. The van der Waals surface area contributed by atoms with Gasteiger partial charge in [0.1, 0.15) is 0 Å². The van der Waals surface area contributed by atoms with Crippen LogP contribution >= 0.6 is 11.6 Å². The van der Waals surface area contributed by atoms with E-state index in [0.29, 0.717) is 33.8 Å². The summed E-state index contributed by atoms with van der Waals surface area (Å²) < 4.78 is 1.68. The van der Waals surface area contributed by atoms with Crippen molar-refractivity contribution in [3.05, 3.63) is 29.0 Å². The van der Waals surface area contributed by atoms with Gasteiger partial charge in [-0.05, 0) is 72.6 Å². The van der Waals surface area contributed by atoms with Crippen LogP contribution in [0.5, 0.6) is 0 Å². The van der Waals surface area contributed by atoms with Crippen molar-refractivity contribution in [1.29, 1.82) is 0 Å². The number of nitrogens with one attached hydrogen (secondary N) is 2. The number of anilines is 1. The Bertz CT molecular complexity index is 871. The highest BCUT2D eigenvalue weighted by Gasteiger charge is 2.48. The first-order valence-corrected chi connectivity index (χ1v) is 10.2. The first-order chi connectivity index (χ1) is 13.1. The van der Waals surface area contributed by atoms with E-state index in [4.69, 9.17) is 11.6 Å². The number of rotatable bonds is 4. The van der Waals surface area contributed by atoms with Gasteiger partial charge < -0.3 is 10.6 Å². The molecule has 3 saturated carbocycles. The van der Waals surface area contributed by atoms with Crippen LogP contribution in [0.3, 0.4) is 0 Å². The summed E-state index contributed by atoms with van der Waals surface area (Å²) in [6, 6.07) is 5.55. The number of halogens is 1. The summed E-state index contributed by atoms with van der Waals surface area (Å²) in [5.41, 5.74) is 1.73. The molecule has 0 bridgehead atoms. The minimum atomic E-state index is -0.154. The molecule has 2 aromatic rings. The second kappa shape index (κ2) is 6.48. The maximum Gasteiger partial charge on any atom is 0.319 e. The van der Waals surface area contributed by atoms with E-state index < -0.39 is 0 Å². The van der Waals surface area contributed by atoms with Crippen molar-refractivity contribution in [3.8, 4) is 5.69 Å². The van der Waals surface area contributed by atoms with Crippen molar-refractivity contribution in [1.82, 2.24) is 25.5 Å². The van der Waals surface area contributed by atoms with E-state index in [1.165, 1.54) is 32.1 Å². The zero-order valence-corrected chi connectivity index (χ0v) is 15.9. The zero-order chi connectivity index (χ0) is 18.4. The molecule has 1 aromatic heterocycles. The summed E-state index contributed by atoms with van der Waals surface area (Å²) in [5.74, 6) is 1.23. The van der Waals surface area contributed by atoms with E-state index in [9.17, 15) is 4.79 Å². The molecule has 0 radical (unpaired) electrons. The van der Waals surface area contributed by atoms with Crippen LogP contribution in [0.4, 0.5) is 10.5 Å². The largest absolute Gasteiger partial charge is 0.335 e. The van der Waals surface area contributed by atoms with Gasteiger partial charge in [0.25, 0.3) is 0 Å². The minimum Gasteiger partial charge on any atom is -0.335 e. The van der Waals surface area contributed by atoms with Crippen LogP contribution in [0, 0.1) is 5.41 Å². The summed E-state index contributed by atoms with van der Waals surface area (Å²) in [4.78, 5) is 12.5. The number of hydrogen-bond acceptors (Lipinski definition) is 4. The third kappa shape index (κ3) is 3.08. The molecule has 1 spiro atoms. The van der Waals surface area contributed by atoms with Crippen LogP contribution in [-0.2, 0) is 0 Å². The molecule has 3 aliphatic carbocycles. The summed E-state index contributed by atoms with van der Waals surface area (Å²) in [6.45, 7) is 0. The third-order valence-electron chi connectivity index (χ3n) is 6.44. The minimum absolute atomic E-state index is 0.154. The number of tetrazole rings is 1. The molecule has 3 fully saturated rings. The maximum atomic E-state index is 12.5. The van der Waals surface area contributed by atoms with E-state index in [-0.39, 0.29) is 6.03 Å². The highest BCUT2D eigenvalue weighted by atomic mass is 35.5. The molecule has 8 heteroatoms. The van der Waals surface area contributed by atoms with E-state index >= 15 is 0 Å². The number of aromatic nitrogens is 4. The molecular weight excluding hydrogens is 364 g/mol. The predicted octanol–water partition coefficient (Wildman–Crippen LogP) is 4.04. The van der Waals surface area contributed by atoms with Crippen molar-refractivity contribution in [3.63, 3.8) is 0 Å². The van der Waals surface area contributed by atoms with Crippen LogP contribution in [0.15, 0.2) is 18.2 Å². The first kappa shape index (κ1) is 17.0. The van der Waals surface area contributed by atoms with Gasteiger partial charge >= 0.3 is 6.03 Å². The van der Waals surface area contributed by atoms with Crippen LogP contribution in [0.2, 0.25) is 5.02 Å². The van der Waals surface area contributed by atoms with Gasteiger partial charge in [-0.3, -0.25) is 0 Å². The Morgan fingerprint density at radius 1 is 1.19 bits per heavy atom. The lowest BCUT2D eigenvalue weighted by molar-refractivity contribution is 0.0811. The molecule has 0 unspecified atom stereocenters. The van der Waals surface area contributed by atoms with E-state index in [1.54, 1.807) is 16.8 Å². The van der Waals surface area contributed by atoms with Crippen LogP contribution in [0.1, 0.15) is 63.1 Å². The number of carbonyl (C=O) groups is 1. The average Bonchev–Trinajstić information content (AvgIpc) is 3.17. The summed E-state index contributed by atoms with van der Waals surface area (Å²) in [5, 5.41) is 18.7. The van der Waals surface area contributed by atoms with Crippen LogP contribution in [0.25, 0.3) is 5.69 Å². The molecular formula is C19H23ClN6O. The Kier molecular flexibility index (Phi) is 4.07. The van der Waals surface area contributed by atoms with Gasteiger partial charge in [-0.25, -0.2) is 4.79 Å². The van der Waals surface area contributed by atoms with Crippen molar-refractivity contribution >= 4 is 23.3 Å². The number of hydrogen-bond donors (Lipinski definition) is 2. The Hall–Kier alpha value is -2.15. The first-order valence-electron chi connectivity index (χ1n) is 9.80. The molecule has 27 heavy (non-hydrogen) atoms. The van der Waals surface area contributed by atoms with Crippen molar-refractivity contribution < 1.29 is 4.79 Å². The van der Waals surface area contributed by atoms with Gasteiger partial charge in [-0.1, -0.05) is 24.4 Å². The second-order valence-electron chi connectivity index (χ2n) is 8.15. The molecule has 0 saturated heterocycles. The fourth-order valence-electron chi connectivity index (χ4n) is 4.64. The van der Waals surface area contributed by atoms with Crippen LogP contribution in [-0.4, -0.2) is 32.3 Å². The Labute approximate surface area is 162 Å². The van der Waals surface area contributed by atoms with E-state index in [0.717, 1.165) is 25.1 Å². The van der Waals surface area contributed by atoms with Crippen LogP contribution < -0.4 is 10.6 Å². The summed E-state index contributed by atoms with van der Waals surface area (Å²) in [6.07, 6.45) is 9.58. The molecule has 0 aliphatic heterocycles. The fourth-order valence-corrected chi connectivity index (χ4v) is 4.84. The smallest absolute Gasteiger partial charge is 0.319 e. The monoisotopic (exact) mass is 386 g/mol. The molecule has 3 aliphatic rings. The lowest BCUT2D eigenvalue weighted by Crippen LogP contribution is -2.54. The average molecular weight is 387 g/mol. The lowest BCUT2D eigenvalue weighted by atomic mass is 9.63. The van der Waals surface area contributed by atoms with Crippen molar-refractivity contribution in [2.75, 3.05) is 5.32 Å². The molecule has 1 atom stereocenters. The van der Waals surface area contributed by atoms with Gasteiger partial charge in [0.2, 0.25) is 0 Å². The number of carbonyl (C=O) groups excluding carboxylic acids is 1. The Balaban J connectivity index is 1.31. The molecule has 7 nitrogen and oxygen atoms in total. The lowest BCUT2D eigenvalue weighted by Gasteiger charge is -2.47. The summed E-state index contributed by atoms with van der Waals surface area (Å²) in [7, 11) is 0. The van der Waals surface area contributed by atoms with Gasteiger partial charge in [-0.15, -0.1) is 5.10 Å².